The molecule has 0 radical (unpaired) electrons. The number of hydrogen-bond donors (Lipinski definition) is 2. The maximum atomic E-state index is 12.1. The standard InChI is InChI=1S/C19H19BrN4O/c1-14-2-7-17(20)10-18(14)23-19(25)22-11-15-3-5-16(6-4-15)12-24-9-8-21-13-24/h2-10,13H,11-12H2,1H3,(H2,22,23,25). The van der Waals surface area contributed by atoms with Gasteiger partial charge in [-0.1, -0.05) is 46.3 Å². The summed E-state index contributed by atoms with van der Waals surface area (Å²) in [5, 5.41) is 5.75. The van der Waals surface area contributed by atoms with Crippen molar-refractivity contribution < 1.29 is 4.79 Å². The number of carbonyl (C=O) groups is 1. The third-order valence-electron chi connectivity index (χ3n) is 3.85. The van der Waals surface area contributed by atoms with Crippen LogP contribution < -0.4 is 10.6 Å². The van der Waals surface area contributed by atoms with Crippen LogP contribution in [0.2, 0.25) is 0 Å². The molecule has 0 aliphatic rings. The minimum absolute atomic E-state index is 0.219. The van der Waals surface area contributed by atoms with Gasteiger partial charge in [-0.2, -0.15) is 0 Å². The number of halogens is 1. The quantitative estimate of drug-likeness (QED) is 0.671. The van der Waals surface area contributed by atoms with Gasteiger partial charge in [-0.05, 0) is 35.7 Å². The first kappa shape index (κ1) is 17.2. The fraction of sp³-hybridized carbons (Fsp3) is 0.158. The average Bonchev–Trinajstić information content (AvgIpc) is 3.10. The Labute approximate surface area is 155 Å². The van der Waals surface area contributed by atoms with E-state index in [9.17, 15) is 4.79 Å². The Morgan fingerprint density at radius 3 is 2.64 bits per heavy atom. The van der Waals surface area contributed by atoms with Crippen molar-refractivity contribution in [3.8, 4) is 0 Å². The van der Waals surface area contributed by atoms with Crippen LogP contribution in [0.1, 0.15) is 16.7 Å². The monoisotopic (exact) mass is 398 g/mol. The summed E-state index contributed by atoms with van der Waals surface area (Å²) in [6, 6.07) is 13.8. The number of hydrogen-bond acceptors (Lipinski definition) is 2. The smallest absolute Gasteiger partial charge is 0.319 e. The lowest BCUT2D eigenvalue weighted by molar-refractivity contribution is 0.251. The molecule has 6 heteroatoms. The topological polar surface area (TPSA) is 59.0 Å². The van der Waals surface area contributed by atoms with Crippen molar-refractivity contribution in [1.82, 2.24) is 14.9 Å². The highest BCUT2D eigenvalue weighted by Gasteiger charge is 2.05. The van der Waals surface area contributed by atoms with E-state index in [0.717, 1.165) is 27.8 Å². The Kier molecular flexibility index (Phi) is 5.50. The third-order valence-corrected chi connectivity index (χ3v) is 4.34. The van der Waals surface area contributed by atoms with Gasteiger partial charge in [0, 0.05) is 35.6 Å². The Morgan fingerprint density at radius 2 is 1.92 bits per heavy atom. The van der Waals surface area contributed by atoms with Gasteiger partial charge in [0.05, 0.1) is 6.33 Å². The number of amides is 2. The number of rotatable bonds is 5. The largest absolute Gasteiger partial charge is 0.334 e. The molecule has 0 aliphatic heterocycles. The molecule has 1 heterocycles. The van der Waals surface area contributed by atoms with Crippen molar-refractivity contribution in [2.45, 2.75) is 20.0 Å². The van der Waals surface area contributed by atoms with Gasteiger partial charge < -0.3 is 15.2 Å². The number of aromatic nitrogens is 2. The van der Waals surface area contributed by atoms with Gasteiger partial charge in [-0.3, -0.25) is 0 Å². The summed E-state index contributed by atoms with van der Waals surface area (Å²) in [6.45, 7) is 3.22. The van der Waals surface area contributed by atoms with E-state index in [1.807, 2.05) is 48.0 Å². The molecule has 3 rings (SSSR count). The van der Waals surface area contributed by atoms with Crippen molar-refractivity contribution in [3.63, 3.8) is 0 Å². The van der Waals surface area contributed by atoms with E-state index >= 15 is 0 Å². The average molecular weight is 399 g/mol. The lowest BCUT2D eigenvalue weighted by Crippen LogP contribution is -2.28. The molecule has 25 heavy (non-hydrogen) atoms. The fourth-order valence-electron chi connectivity index (χ4n) is 2.43. The molecule has 0 saturated heterocycles. The van der Waals surface area contributed by atoms with Gasteiger partial charge in [0.15, 0.2) is 0 Å². The molecule has 2 aromatic carbocycles. The lowest BCUT2D eigenvalue weighted by atomic mass is 10.1. The molecule has 0 unspecified atom stereocenters. The number of carbonyl (C=O) groups excluding carboxylic acids is 1. The minimum Gasteiger partial charge on any atom is -0.334 e. The second-order valence-corrected chi connectivity index (χ2v) is 6.73. The zero-order chi connectivity index (χ0) is 17.6. The molecule has 128 valence electrons. The minimum atomic E-state index is -0.219. The van der Waals surface area contributed by atoms with Gasteiger partial charge in [0.1, 0.15) is 0 Å². The van der Waals surface area contributed by atoms with Gasteiger partial charge >= 0.3 is 6.03 Å². The second-order valence-electron chi connectivity index (χ2n) is 5.82. The lowest BCUT2D eigenvalue weighted by Gasteiger charge is -2.11. The van der Waals surface area contributed by atoms with Gasteiger partial charge in [-0.25, -0.2) is 9.78 Å². The molecule has 0 fully saturated rings. The number of aryl methyl sites for hydroxylation is 1. The van der Waals surface area contributed by atoms with Crippen LogP contribution in [0.3, 0.4) is 0 Å². The molecule has 0 saturated carbocycles. The zero-order valence-electron chi connectivity index (χ0n) is 13.9. The molecule has 0 aliphatic carbocycles. The van der Waals surface area contributed by atoms with E-state index in [2.05, 4.69) is 43.7 Å². The number of nitrogens with one attached hydrogen (secondary N) is 2. The summed E-state index contributed by atoms with van der Waals surface area (Å²) >= 11 is 3.41. The van der Waals surface area contributed by atoms with E-state index in [1.54, 1.807) is 12.5 Å². The summed E-state index contributed by atoms with van der Waals surface area (Å²) < 4.78 is 2.95. The Morgan fingerprint density at radius 1 is 1.16 bits per heavy atom. The molecule has 0 bridgehead atoms. The highest BCUT2D eigenvalue weighted by atomic mass is 79.9. The molecular weight excluding hydrogens is 380 g/mol. The molecule has 2 N–H and O–H groups in total. The van der Waals surface area contributed by atoms with Crippen molar-refractivity contribution >= 4 is 27.6 Å². The fourth-order valence-corrected chi connectivity index (χ4v) is 2.79. The molecular formula is C19H19BrN4O. The van der Waals surface area contributed by atoms with Gasteiger partial charge in [0.25, 0.3) is 0 Å². The van der Waals surface area contributed by atoms with Crippen LogP contribution in [-0.2, 0) is 13.1 Å². The molecule has 1 aromatic heterocycles. The molecule has 5 nitrogen and oxygen atoms in total. The Balaban J connectivity index is 1.52. The van der Waals surface area contributed by atoms with E-state index in [4.69, 9.17) is 0 Å². The predicted molar refractivity (Wildman–Crippen MR) is 103 cm³/mol. The maximum Gasteiger partial charge on any atom is 0.319 e. The van der Waals surface area contributed by atoms with Crippen molar-refractivity contribution in [2.24, 2.45) is 0 Å². The van der Waals surface area contributed by atoms with Gasteiger partial charge in [0.2, 0.25) is 0 Å². The summed E-state index contributed by atoms with van der Waals surface area (Å²) in [5.74, 6) is 0. The SMILES string of the molecule is Cc1ccc(Br)cc1NC(=O)NCc1ccc(Cn2ccnc2)cc1. The van der Waals surface area contributed by atoms with Crippen LogP contribution in [-0.4, -0.2) is 15.6 Å². The van der Waals surface area contributed by atoms with E-state index < -0.39 is 0 Å². The summed E-state index contributed by atoms with van der Waals surface area (Å²) in [6.07, 6.45) is 5.50. The first-order chi connectivity index (χ1) is 12.1. The number of imidazole rings is 1. The van der Waals surface area contributed by atoms with Crippen LogP contribution in [0.5, 0.6) is 0 Å². The summed E-state index contributed by atoms with van der Waals surface area (Å²) in [5.41, 5.74) is 4.05. The van der Waals surface area contributed by atoms with Crippen molar-refractivity contribution in [2.75, 3.05) is 5.32 Å². The second kappa shape index (κ2) is 7.98. The highest BCUT2D eigenvalue weighted by molar-refractivity contribution is 9.10. The van der Waals surface area contributed by atoms with Crippen LogP contribution >= 0.6 is 15.9 Å². The summed E-state index contributed by atoms with van der Waals surface area (Å²) in [7, 11) is 0. The Bertz CT molecular complexity index is 844. The Hall–Kier alpha value is -2.60. The zero-order valence-corrected chi connectivity index (χ0v) is 15.5. The predicted octanol–water partition coefficient (Wildman–Crippen LogP) is 4.32. The summed E-state index contributed by atoms with van der Waals surface area (Å²) in [4.78, 5) is 16.1. The normalized spacial score (nSPS) is 10.5. The van der Waals surface area contributed by atoms with Crippen LogP contribution in [0.25, 0.3) is 0 Å². The van der Waals surface area contributed by atoms with Crippen LogP contribution in [0.4, 0.5) is 10.5 Å². The molecule has 3 aromatic rings. The number of anilines is 1. The number of nitrogens with zero attached hydrogens (tertiary/aromatic N) is 2. The van der Waals surface area contributed by atoms with Gasteiger partial charge in [-0.15, -0.1) is 0 Å². The first-order valence-corrected chi connectivity index (χ1v) is 8.74. The van der Waals surface area contributed by atoms with Crippen LogP contribution in [0, 0.1) is 6.92 Å². The van der Waals surface area contributed by atoms with E-state index in [1.165, 1.54) is 5.56 Å². The molecule has 0 atom stereocenters. The molecule has 2 amide bonds. The molecule has 0 spiro atoms. The van der Waals surface area contributed by atoms with Crippen molar-refractivity contribution in [3.05, 3.63) is 82.3 Å². The van der Waals surface area contributed by atoms with Crippen molar-refractivity contribution in [1.29, 1.82) is 0 Å². The highest BCUT2D eigenvalue weighted by Crippen LogP contribution is 2.20. The first-order valence-electron chi connectivity index (χ1n) is 7.95. The van der Waals surface area contributed by atoms with E-state index in [0.29, 0.717) is 6.54 Å². The number of urea groups is 1. The van der Waals surface area contributed by atoms with E-state index in [-0.39, 0.29) is 6.03 Å². The maximum absolute atomic E-state index is 12.1. The van der Waals surface area contributed by atoms with Crippen LogP contribution in [0.15, 0.2) is 65.7 Å². The third kappa shape index (κ3) is 4.93. The number of benzene rings is 2.